The van der Waals surface area contributed by atoms with E-state index in [0.717, 1.165) is 44.7 Å². The van der Waals surface area contributed by atoms with Crippen LogP contribution in [0.15, 0.2) is 54.7 Å². The fourth-order valence-corrected chi connectivity index (χ4v) is 2.25. The van der Waals surface area contributed by atoms with Crippen LogP contribution in [-0.4, -0.2) is 29.5 Å². The van der Waals surface area contributed by atoms with Crippen molar-refractivity contribution in [1.82, 2.24) is 9.88 Å². The molecule has 2 rings (SSSR count). The average molecular weight is 269 g/mol. The molecule has 0 amide bonds. The van der Waals surface area contributed by atoms with Crippen LogP contribution >= 0.6 is 0 Å². The first-order chi connectivity index (χ1) is 9.88. The maximum Gasteiger partial charge on any atom is 0.0416 e. The van der Waals surface area contributed by atoms with Crippen LogP contribution in [0.3, 0.4) is 0 Å². The standard InChI is InChI=1S/C17H23N3/c18-11-6-13-20(15-16-7-2-1-3-8-16)14-10-17-9-4-5-12-19-17/h1-5,7-9,12H,6,10-11,13-15,18H2. The molecule has 1 aromatic carbocycles. The molecule has 2 N–H and O–H groups in total. The molecule has 0 fully saturated rings. The second kappa shape index (κ2) is 8.46. The Labute approximate surface area is 121 Å². The molecule has 106 valence electrons. The van der Waals surface area contributed by atoms with E-state index in [4.69, 9.17) is 5.73 Å². The van der Waals surface area contributed by atoms with Crippen LogP contribution in [0, 0.1) is 0 Å². The Kier molecular flexibility index (Phi) is 6.21. The zero-order valence-electron chi connectivity index (χ0n) is 11.9. The van der Waals surface area contributed by atoms with Crippen LogP contribution in [0.5, 0.6) is 0 Å². The molecule has 0 saturated carbocycles. The van der Waals surface area contributed by atoms with E-state index in [1.165, 1.54) is 5.56 Å². The van der Waals surface area contributed by atoms with E-state index in [9.17, 15) is 0 Å². The summed E-state index contributed by atoms with van der Waals surface area (Å²) in [6, 6.07) is 16.7. The van der Waals surface area contributed by atoms with Gasteiger partial charge in [-0.3, -0.25) is 9.88 Å². The Morgan fingerprint density at radius 1 is 0.950 bits per heavy atom. The van der Waals surface area contributed by atoms with Gasteiger partial charge in [-0.25, -0.2) is 0 Å². The second-order valence-electron chi connectivity index (χ2n) is 4.98. The number of nitrogens with two attached hydrogens (primary N) is 1. The minimum absolute atomic E-state index is 0.745. The van der Waals surface area contributed by atoms with E-state index < -0.39 is 0 Å². The zero-order valence-corrected chi connectivity index (χ0v) is 11.9. The maximum atomic E-state index is 5.64. The van der Waals surface area contributed by atoms with Crippen LogP contribution in [0.25, 0.3) is 0 Å². The lowest BCUT2D eigenvalue weighted by molar-refractivity contribution is 0.266. The van der Waals surface area contributed by atoms with Crippen molar-refractivity contribution in [3.8, 4) is 0 Å². The van der Waals surface area contributed by atoms with Gasteiger partial charge in [0.25, 0.3) is 0 Å². The molecule has 20 heavy (non-hydrogen) atoms. The highest BCUT2D eigenvalue weighted by Crippen LogP contribution is 2.06. The molecule has 3 nitrogen and oxygen atoms in total. The van der Waals surface area contributed by atoms with Crippen LogP contribution in [-0.2, 0) is 13.0 Å². The monoisotopic (exact) mass is 269 g/mol. The lowest BCUT2D eigenvalue weighted by Crippen LogP contribution is -2.28. The summed E-state index contributed by atoms with van der Waals surface area (Å²) in [6.07, 6.45) is 3.88. The van der Waals surface area contributed by atoms with Crippen molar-refractivity contribution in [3.63, 3.8) is 0 Å². The topological polar surface area (TPSA) is 42.1 Å². The molecule has 0 bridgehead atoms. The molecule has 1 heterocycles. The smallest absolute Gasteiger partial charge is 0.0416 e. The molecule has 0 atom stereocenters. The van der Waals surface area contributed by atoms with Crippen molar-refractivity contribution in [2.24, 2.45) is 5.73 Å². The van der Waals surface area contributed by atoms with Gasteiger partial charge in [0.2, 0.25) is 0 Å². The molecule has 0 spiro atoms. The first kappa shape index (κ1) is 14.7. The van der Waals surface area contributed by atoms with E-state index in [1.54, 1.807) is 0 Å². The summed E-state index contributed by atoms with van der Waals surface area (Å²) < 4.78 is 0. The first-order valence-electron chi connectivity index (χ1n) is 7.25. The van der Waals surface area contributed by atoms with Gasteiger partial charge in [-0.15, -0.1) is 0 Å². The Balaban J connectivity index is 1.89. The normalized spacial score (nSPS) is 10.9. The lowest BCUT2D eigenvalue weighted by Gasteiger charge is -2.22. The van der Waals surface area contributed by atoms with Crippen LogP contribution < -0.4 is 5.73 Å². The third-order valence-corrected chi connectivity index (χ3v) is 3.34. The van der Waals surface area contributed by atoms with Crippen LogP contribution in [0.2, 0.25) is 0 Å². The Morgan fingerprint density at radius 2 is 1.75 bits per heavy atom. The quantitative estimate of drug-likeness (QED) is 0.800. The van der Waals surface area contributed by atoms with E-state index in [1.807, 2.05) is 18.3 Å². The molecule has 0 radical (unpaired) electrons. The van der Waals surface area contributed by atoms with Crippen LogP contribution in [0.4, 0.5) is 0 Å². The number of rotatable bonds is 8. The summed E-state index contributed by atoms with van der Waals surface area (Å²) in [5, 5.41) is 0. The maximum absolute atomic E-state index is 5.64. The summed E-state index contributed by atoms with van der Waals surface area (Å²) in [6.45, 7) is 3.78. The predicted molar refractivity (Wildman–Crippen MR) is 83.3 cm³/mol. The Hall–Kier alpha value is -1.71. The summed E-state index contributed by atoms with van der Waals surface area (Å²) in [4.78, 5) is 6.84. The van der Waals surface area contributed by atoms with Gasteiger partial charge in [-0.1, -0.05) is 36.4 Å². The summed E-state index contributed by atoms with van der Waals surface area (Å²) in [5.41, 5.74) is 8.14. The van der Waals surface area contributed by atoms with Gasteiger partial charge >= 0.3 is 0 Å². The van der Waals surface area contributed by atoms with E-state index in [0.29, 0.717) is 0 Å². The SMILES string of the molecule is NCCCN(CCc1ccccn1)Cc1ccccc1. The highest BCUT2D eigenvalue weighted by molar-refractivity contribution is 5.14. The Bertz CT molecular complexity index is 470. The fraction of sp³-hybridized carbons (Fsp3) is 0.353. The van der Waals surface area contributed by atoms with E-state index in [-0.39, 0.29) is 0 Å². The molecular weight excluding hydrogens is 246 g/mol. The molecule has 0 saturated heterocycles. The Morgan fingerprint density at radius 3 is 2.45 bits per heavy atom. The summed E-state index contributed by atoms with van der Waals surface area (Å²) in [7, 11) is 0. The predicted octanol–water partition coefficient (Wildman–Crippen LogP) is 2.48. The highest BCUT2D eigenvalue weighted by Gasteiger charge is 2.06. The number of pyridine rings is 1. The number of aromatic nitrogens is 1. The van der Waals surface area contributed by atoms with Gasteiger partial charge in [0.05, 0.1) is 0 Å². The van der Waals surface area contributed by atoms with Crippen molar-refractivity contribution < 1.29 is 0 Å². The van der Waals surface area contributed by atoms with Gasteiger partial charge in [-0.2, -0.15) is 0 Å². The average Bonchev–Trinajstić information content (AvgIpc) is 2.52. The van der Waals surface area contributed by atoms with Gasteiger partial charge in [0.1, 0.15) is 0 Å². The van der Waals surface area contributed by atoms with Crippen molar-refractivity contribution in [3.05, 3.63) is 66.0 Å². The molecule has 2 aromatic rings. The molecular formula is C17H23N3. The molecule has 0 aliphatic rings. The number of benzene rings is 1. The van der Waals surface area contributed by atoms with Gasteiger partial charge in [0, 0.05) is 31.4 Å². The summed E-state index contributed by atoms with van der Waals surface area (Å²) in [5.74, 6) is 0. The zero-order chi connectivity index (χ0) is 14.0. The molecule has 1 aromatic heterocycles. The largest absolute Gasteiger partial charge is 0.330 e. The van der Waals surface area contributed by atoms with Crippen molar-refractivity contribution >= 4 is 0 Å². The molecule has 0 aliphatic heterocycles. The fourth-order valence-electron chi connectivity index (χ4n) is 2.25. The van der Waals surface area contributed by atoms with E-state index in [2.05, 4.69) is 46.3 Å². The molecule has 0 aliphatic carbocycles. The first-order valence-corrected chi connectivity index (χ1v) is 7.25. The highest BCUT2D eigenvalue weighted by atomic mass is 15.1. The van der Waals surface area contributed by atoms with E-state index >= 15 is 0 Å². The van der Waals surface area contributed by atoms with Gasteiger partial charge in [-0.05, 0) is 37.2 Å². The molecule has 0 unspecified atom stereocenters. The molecule has 3 heteroatoms. The number of nitrogens with zero attached hydrogens (tertiary/aromatic N) is 2. The van der Waals surface area contributed by atoms with Crippen LogP contribution in [0.1, 0.15) is 17.7 Å². The lowest BCUT2D eigenvalue weighted by atomic mass is 10.2. The number of hydrogen-bond acceptors (Lipinski definition) is 3. The minimum atomic E-state index is 0.745. The number of hydrogen-bond donors (Lipinski definition) is 1. The minimum Gasteiger partial charge on any atom is -0.330 e. The summed E-state index contributed by atoms with van der Waals surface area (Å²) >= 11 is 0. The second-order valence-corrected chi connectivity index (χ2v) is 4.98. The van der Waals surface area contributed by atoms with Gasteiger partial charge < -0.3 is 5.73 Å². The van der Waals surface area contributed by atoms with Gasteiger partial charge in [0.15, 0.2) is 0 Å². The third kappa shape index (κ3) is 5.11. The van der Waals surface area contributed by atoms with Crippen molar-refractivity contribution in [2.45, 2.75) is 19.4 Å². The van der Waals surface area contributed by atoms with Crippen molar-refractivity contribution in [1.29, 1.82) is 0 Å². The van der Waals surface area contributed by atoms with Crippen molar-refractivity contribution in [2.75, 3.05) is 19.6 Å². The third-order valence-electron chi connectivity index (χ3n) is 3.34.